The molecule has 1 aliphatic carbocycles. The highest BCUT2D eigenvalue weighted by molar-refractivity contribution is 6.00. The molecule has 9 nitrogen and oxygen atoms in total. The molecular formula is C25H20F3N5O4. The standard InChI is InChI=1S/C25H20F3N5O4/c1-36-18-6-7-20(19(10-18)25(26,27)28)37-17-4-2-15(3-5-17)12-32-23(35)24(8-9-24)33-22(34)16-13-30-21(11-29)31-14-16/h2-7,10,13-14H,8-9,12H2,1H3,(H,32,35)(H,33,34). The van der Waals surface area contributed by atoms with Crippen molar-refractivity contribution in [2.24, 2.45) is 0 Å². The van der Waals surface area contributed by atoms with Gasteiger partial charge >= 0.3 is 6.18 Å². The van der Waals surface area contributed by atoms with E-state index in [1.807, 2.05) is 0 Å². The van der Waals surface area contributed by atoms with E-state index in [0.717, 1.165) is 6.07 Å². The smallest absolute Gasteiger partial charge is 0.420 e. The van der Waals surface area contributed by atoms with Crippen LogP contribution in [0.1, 0.15) is 40.2 Å². The van der Waals surface area contributed by atoms with E-state index in [1.165, 1.54) is 43.8 Å². The zero-order valence-corrected chi connectivity index (χ0v) is 19.4. The van der Waals surface area contributed by atoms with Crippen LogP contribution >= 0.6 is 0 Å². The number of amides is 2. The first-order valence-corrected chi connectivity index (χ1v) is 11.0. The van der Waals surface area contributed by atoms with Gasteiger partial charge in [-0.1, -0.05) is 12.1 Å². The average Bonchev–Trinajstić information content (AvgIpc) is 3.68. The van der Waals surface area contributed by atoms with Crippen LogP contribution < -0.4 is 20.1 Å². The van der Waals surface area contributed by atoms with E-state index < -0.39 is 23.2 Å². The molecule has 0 spiro atoms. The summed E-state index contributed by atoms with van der Waals surface area (Å²) in [4.78, 5) is 32.6. The number of benzene rings is 2. The van der Waals surface area contributed by atoms with Crippen molar-refractivity contribution in [3.63, 3.8) is 0 Å². The minimum atomic E-state index is -4.63. The van der Waals surface area contributed by atoms with Crippen LogP contribution in [0.2, 0.25) is 0 Å². The van der Waals surface area contributed by atoms with Crippen molar-refractivity contribution in [2.75, 3.05) is 7.11 Å². The van der Waals surface area contributed by atoms with E-state index in [2.05, 4.69) is 20.6 Å². The van der Waals surface area contributed by atoms with Crippen molar-refractivity contribution in [1.82, 2.24) is 20.6 Å². The Kier molecular flexibility index (Phi) is 6.97. The number of carbonyl (C=O) groups excluding carboxylic acids is 2. The molecule has 2 aromatic carbocycles. The van der Waals surface area contributed by atoms with Gasteiger partial charge in [-0.2, -0.15) is 18.4 Å². The van der Waals surface area contributed by atoms with Gasteiger partial charge in [-0.05, 0) is 48.7 Å². The lowest BCUT2D eigenvalue weighted by Crippen LogP contribution is -2.48. The van der Waals surface area contributed by atoms with Crippen LogP contribution in [0.3, 0.4) is 0 Å². The van der Waals surface area contributed by atoms with Crippen LogP contribution in [-0.2, 0) is 17.5 Å². The van der Waals surface area contributed by atoms with Crippen molar-refractivity contribution < 1.29 is 32.2 Å². The maximum Gasteiger partial charge on any atom is 0.420 e. The summed E-state index contributed by atoms with van der Waals surface area (Å²) in [5.74, 6) is -1.11. The van der Waals surface area contributed by atoms with Crippen LogP contribution in [0.25, 0.3) is 0 Å². The van der Waals surface area contributed by atoms with Gasteiger partial charge in [0.05, 0.1) is 12.7 Å². The van der Waals surface area contributed by atoms with Gasteiger partial charge in [0.2, 0.25) is 11.7 Å². The predicted molar refractivity (Wildman–Crippen MR) is 123 cm³/mol. The van der Waals surface area contributed by atoms with E-state index in [0.29, 0.717) is 18.4 Å². The molecule has 0 atom stereocenters. The topological polar surface area (TPSA) is 126 Å². The summed E-state index contributed by atoms with van der Waals surface area (Å²) < 4.78 is 50.5. The molecule has 2 amide bonds. The second kappa shape index (κ2) is 10.1. The van der Waals surface area contributed by atoms with Crippen LogP contribution in [0.15, 0.2) is 54.9 Å². The summed E-state index contributed by atoms with van der Waals surface area (Å²) in [6.07, 6.45) is -1.30. The number of halogens is 3. The maximum absolute atomic E-state index is 13.4. The van der Waals surface area contributed by atoms with Crippen LogP contribution in [0.5, 0.6) is 17.2 Å². The molecule has 0 unspecified atom stereocenters. The lowest BCUT2D eigenvalue weighted by molar-refractivity contribution is -0.138. The normalized spacial score (nSPS) is 13.7. The summed E-state index contributed by atoms with van der Waals surface area (Å²) in [6, 6.07) is 11.4. The molecule has 37 heavy (non-hydrogen) atoms. The Morgan fingerprint density at radius 3 is 2.30 bits per heavy atom. The third-order valence-electron chi connectivity index (χ3n) is 5.65. The summed E-state index contributed by atoms with van der Waals surface area (Å²) >= 11 is 0. The first-order chi connectivity index (χ1) is 17.6. The maximum atomic E-state index is 13.4. The third-order valence-corrected chi connectivity index (χ3v) is 5.65. The number of methoxy groups -OCH3 is 1. The zero-order valence-electron chi connectivity index (χ0n) is 19.4. The molecule has 0 radical (unpaired) electrons. The highest BCUT2D eigenvalue weighted by Crippen LogP contribution is 2.40. The largest absolute Gasteiger partial charge is 0.497 e. The summed E-state index contributed by atoms with van der Waals surface area (Å²) in [6.45, 7) is 0.132. The molecule has 0 saturated heterocycles. The molecule has 190 valence electrons. The second-order valence-corrected chi connectivity index (χ2v) is 8.23. The number of hydrogen-bond donors (Lipinski definition) is 2. The van der Waals surface area contributed by atoms with E-state index in [1.54, 1.807) is 18.2 Å². The molecule has 1 aliphatic rings. The van der Waals surface area contributed by atoms with Gasteiger partial charge in [-0.25, -0.2) is 9.97 Å². The number of nitrogens with zero attached hydrogens (tertiary/aromatic N) is 3. The molecule has 1 heterocycles. The Balaban J connectivity index is 1.35. The van der Waals surface area contributed by atoms with Crippen molar-refractivity contribution in [1.29, 1.82) is 5.26 Å². The van der Waals surface area contributed by atoms with Gasteiger partial charge in [0.1, 0.15) is 34.4 Å². The number of aromatic nitrogens is 2. The number of ether oxygens (including phenoxy) is 2. The first-order valence-electron chi connectivity index (χ1n) is 11.0. The van der Waals surface area contributed by atoms with E-state index in [-0.39, 0.29) is 41.1 Å². The van der Waals surface area contributed by atoms with Crippen LogP contribution in [0, 0.1) is 11.3 Å². The minimum Gasteiger partial charge on any atom is -0.497 e. The predicted octanol–water partition coefficient (Wildman–Crippen LogP) is 3.75. The van der Waals surface area contributed by atoms with Crippen molar-refractivity contribution in [3.05, 3.63) is 77.4 Å². The van der Waals surface area contributed by atoms with Crippen LogP contribution in [-0.4, -0.2) is 34.4 Å². The zero-order chi connectivity index (χ0) is 26.6. The van der Waals surface area contributed by atoms with Crippen molar-refractivity contribution in [2.45, 2.75) is 31.1 Å². The Hall–Kier alpha value is -4.66. The lowest BCUT2D eigenvalue weighted by Gasteiger charge is -2.17. The monoisotopic (exact) mass is 511 g/mol. The molecule has 1 saturated carbocycles. The molecule has 1 fully saturated rings. The molecule has 4 rings (SSSR count). The summed E-state index contributed by atoms with van der Waals surface area (Å²) in [5.41, 5.74) is -1.21. The van der Waals surface area contributed by atoms with Gasteiger partial charge in [0.25, 0.3) is 5.91 Å². The van der Waals surface area contributed by atoms with Gasteiger partial charge in [-0.3, -0.25) is 9.59 Å². The molecule has 12 heteroatoms. The Morgan fingerprint density at radius 1 is 1.08 bits per heavy atom. The second-order valence-electron chi connectivity index (χ2n) is 8.23. The number of rotatable bonds is 8. The fourth-order valence-corrected chi connectivity index (χ4v) is 3.43. The molecule has 0 bridgehead atoms. The molecule has 0 aliphatic heterocycles. The van der Waals surface area contributed by atoms with E-state index in [9.17, 15) is 22.8 Å². The molecule has 3 aromatic rings. The molecule has 1 aromatic heterocycles. The van der Waals surface area contributed by atoms with E-state index in [4.69, 9.17) is 14.7 Å². The fourth-order valence-electron chi connectivity index (χ4n) is 3.43. The molecular weight excluding hydrogens is 491 g/mol. The summed E-state index contributed by atoms with van der Waals surface area (Å²) in [5, 5.41) is 14.2. The number of alkyl halides is 3. The number of hydrogen-bond acceptors (Lipinski definition) is 7. The quantitative estimate of drug-likeness (QED) is 0.472. The highest BCUT2D eigenvalue weighted by atomic mass is 19.4. The van der Waals surface area contributed by atoms with Crippen molar-refractivity contribution >= 4 is 11.8 Å². The van der Waals surface area contributed by atoms with Gasteiger partial charge < -0.3 is 20.1 Å². The van der Waals surface area contributed by atoms with E-state index >= 15 is 0 Å². The Bertz CT molecular complexity index is 1350. The minimum absolute atomic E-state index is 0.0561. The van der Waals surface area contributed by atoms with Crippen molar-refractivity contribution in [3.8, 4) is 23.3 Å². The number of nitriles is 1. The molecule has 2 N–H and O–H groups in total. The van der Waals surface area contributed by atoms with Crippen LogP contribution in [0.4, 0.5) is 13.2 Å². The highest BCUT2D eigenvalue weighted by Gasteiger charge is 2.51. The number of carbonyl (C=O) groups is 2. The van der Waals surface area contributed by atoms with Gasteiger partial charge in [0.15, 0.2) is 0 Å². The van der Waals surface area contributed by atoms with Gasteiger partial charge in [-0.15, -0.1) is 0 Å². The first kappa shape index (κ1) is 25.4. The third kappa shape index (κ3) is 5.95. The number of nitrogens with one attached hydrogen (secondary N) is 2. The van der Waals surface area contributed by atoms with Gasteiger partial charge in [0, 0.05) is 18.9 Å². The Morgan fingerprint density at radius 2 is 1.73 bits per heavy atom. The fraction of sp³-hybridized carbons (Fsp3) is 0.240. The lowest BCUT2D eigenvalue weighted by atomic mass is 10.1. The SMILES string of the molecule is COc1ccc(Oc2ccc(CNC(=O)C3(NC(=O)c4cnc(C#N)nc4)CC3)cc2)c(C(F)(F)F)c1. The summed E-state index contributed by atoms with van der Waals surface area (Å²) in [7, 11) is 1.27. The Labute approximate surface area is 209 Å². The average molecular weight is 511 g/mol.